The van der Waals surface area contributed by atoms with E-state index in [-0.39, 0.29) is 11.8 Å². The smallest absolute Gasteiger partial charge is 0.220 e. The molecule has 0 aliphatic heterocycles. The lowest BCUT2D eigenvalue weighted by atomic mass is 10.1. The van der Waals surface area contributed by atoms with E-state index in [9.17, 15) is 4.39 Å². The number of pyridine rings is 1. The topological polar surface area (TPSA) is 64.7 Å². The van der Waals surface area contributed by atoms with Crippen LogP contribution in [0.3, 0.4) is 0 Å². The minimum Gasteiger partial charge on any atom is -0.368 e. The quantitative estimate of drug-likeness (QED) is 0.530. The molecule has 0 aliphatic carbocycles. The summed E-state index contributed by atoms with van der Waals surface area (Å²) in [6.45, 7) is 0. The fraction of sp³-hybridized carbons (Fsp3) is 0.0500. The summed E-state index contributed by atoms with van der Waals surface area (Å²) in [5, 5.41) is 0. The molecule has 6 heteroatoms. The lowest BCUT2D eigenvalue weighted by molar-refractivity contribution is 0.628. The number of anilines is 1. The van der Waals surface area contributed by atoms with Crippen LogP contribution in [0.15, 0.2) is 65.1 Å². The molecule has 2 aromatic heterocycles. The first kappa shape index (κ1) is 16.6. The maximum absolute atomic E-state index is 13.2. The molecule has 0 amide bonds. The van der Waals surface area contributed by atoms with Crippen LogP contribution in [0, 0.1) is 5.82 Å². The normalized spacial score (nSPS) is 11.0. The van der Waals surface area contributed by atoms with Crippen LogP contribution in [-0.4, -0.2) is 15.0 Å². The van der Waals surface area contributed by atoms with Crippen molar-refractivity contribution < 1.29 is 4.39 Å². The predicted octanol–water partition coefficient (Wildman–Crippen LogP) is 4.77. The van der Waals surface area contributed by atoms with Gasteiger partial charge in [0.1, 0.15) is 11.3 Å². The van der Waals surface area contributed by atoms with Gasteiger partial charge in [0.15, 0.2) is 0 Å². The van der Waals surface area contributed by atoms with Gasteiger partial charge in [-0.3, -0.25) is 0 Å². The second-order valence-electron chi connectivity index (χ2n) is 5.87. The van der Waals surface area contributed by atoms with Crippen LogP contribution in [0.1, 0.15) is 11.3 Å². The van der Waals surface area contributed by atoms with Gasteiger partial charge in [0.25, 0.3) is 0 Å². The molecular formula is C20H14BrFN4. The van der Waals surface area contributed by atoms with Crippen molar-refractivity contribution in [2.45, 2.75) is 6.42 Å². The fourth-order valence-corrected chi connectivity index (χ4v) is 3.25. The Hall–Kier alpha value is -2.86. The van der Waals surface area contributed by atoms with Gasteiger partial charge in [-0.1, -0.05) is 34.1 Å². The number of nitrogens with two attached hydrogens (primary N) is 1. The summed E-state index contributed by atoms with van der Waals surface area (Å²) in [6.07, 6.45) is 0.574. The van der Waals surface area contributed by atoms with Crippen LogP contribution in [-0.2, 0) is 6.42 Å². The first-order valence-electron chi connectivity index (χ1n) is 8.02. The molecule has 4 nitrogen and oxygen atoms in total. The minimum absolute atomic E-state index is 0.218. The Morgan fingerprint density at radius 1 is 0.885 bits per heavy atom. The van der Waals surface area contributed by atoms with Crippen molar-refractivity contribution in [3.05, 3.63) is 82.2 Å². The molecule has 0 bridgehead atoms. The highest BCUT2D eigenvalue weighted by Crippen LogP contribution is 2.25. The predicted molar refractivity (Wildman–Crippen MR) is 104 cm³/mol. The van der Waals surface area contributed by atoms with E-state index in [0.717, 1.165) is 27.0 Å². The van der Waals surface area contributed by atoms with Gasteiger partial charge in [-0.05, 0) is 48.0 Å². The van der Waals surface area contributed by atoms with E-state index in [0.29, 0.717) is 17.5 Å². The van der Waals surface area contributed by atoms with Crippen LogP contribution >= 0.6 is 15.9 Å². The van der Waals surface area contributed by atoms with Crippen LogP contribution in [0.5, 0.6) is 0 Å². The van der Waals surface area contributed by atoms with Gasteiger partial charge in [0, 0.05) is 16.5 Å². The maximum Gasteiger partial charge on any atom is 0.220 e. The second kappa shape index (κ2) is 6.80. The summed E-state index contributed by atoms with van der Waals surface area (Å²) >= 11 is 3.56. The van der Waals surface area contributed by atoms with Crippen LogP contribution in [0.2, 0.25) is 0 Å². The molecule has 4 aromatic rings. The van der Waals surface area contributed by atoms with Crippen LogP contribution in [0.25, 0.3) is 22.3 Å². The summed E-state index contributed by atoms with van der Waals surface area (Å²) in [7, 11) is 0. The number of aromatic nitrogens is 3. The molecule has 0 atom stereocenters. The van der Waals surface area contributed by atoms with Gasteiger partial charge in [-0.15, -0.1) is 0 Å². The highest BCUT2D eigenvalue weighted by molar-refractivity contribution is 9.10. The molecule has 2 N–H and O–H groups in total. The molecule has 0 saturated heterocycles. The summed E-state index contributed by atoms with van der Waals surface area (Å²) in [5.74, 6) is -0.0591. The molecule has 0 saturated carbocycles. The third-order valence-electron chi connectivity index (χ3n) is 4.09. The van der Waals surface area contributed by atoms with E-state index in [1.807, 2.05) is 36.4 Å². The molecular weight excluding hydrogens is 395 g/mol. The van der Waals surface area contributed by atoms with Gasteiger partial charge in [-0.2, -0.15) is 0 Å². The number of nitrogens with zero attached hydrogens (tertiary/aromatic N) is 3. The van der Waals surface area contributed by atoms with Crippen molar-refractivity contribution in [3.63, 3.8) is 0 Å². The average molecular weight is 409 g/mol. The number of rotatable bonds is 3. The van der Waals surface area contributed by atoms with Crippen LogP contribution in [0.4, 0.5) is 10.3 Å². The van der Waals surface area contributed by atoms with Crippen molar-refractivity contribution in [3.8, 4) is 11.3 Å². The Morgan fingerprint density at radius 2 is 1.65 bits per heavy atom. The van der Waals surface area contributed by atoms with E-state index in [4.69, 9.17) is 10.7 Å². The van der Waals surface area contributed by atoms with Gasteiger partial charge in [0.2, 0.25) is 5.95 Å². The Balaban J connectivity index is 1.84. The van der Waals surface area contributed by atoms with E-state index in [1.165, 1.54) is 12.1 Å². The van der Waals surface area contributed by atoms with Gasteiger partial charge in [0.05, 0.1) is 16.9 Å². The van der Waals surface area contributed by atoms with Crippen molar-refractivity contribution in [2.75, 3.05) is 5.73 Å². The zero-order valence-electron chi connectivity index (χ0n) is 13.7. The van der Waals surface area contributed by atoms with E-state index < -0.39 is 0 Å². The third kappa shape index (κ3) is 3.28. The fourth-order valence-electron chi connectivity index (χ4n) is 2.82. The van der Waals surface area contributed by atoms with Gasteiger partial charge >= 0.3 is 0 Å². The van der Waals surface area contributed by atoms with E-state index in [1.54, 1.807) is 12.1 Å². The molecule has 4 rings (SSSR count). The molecule has 0 unspecified atom stereocenters. The molecule has 128 valence electrons. The number of nitrogen functional groups attached to an aromatic ring is 1. The number of fused-ring (bicyclic) bond motifs is 1. The molecule has 0 spiro atoms. The molecule has 0 fully saturated rings. The van der Waals surface area contributed by atoms with E-state index in [2.05, 4.69) is 25.9 Å². The Labute approximate surface area is 158 Å². The SMILES string of the molecule is Nc1nc(Cc2ccccc2Br)c2nc(-c3ccc(F)cc3)ccc2n1. The summed E-state index contributed by atoms with van der Waals surface area (Å²) < 4.78 is 14.2. The van der Waals surface area contributed by atoms with Crippen molar-refractivity contribution in [1.29, 1.82) is 0 Å². The number of hydrogen-bond donors (Lipinski definition) is 1. The highest BCUT2D eigenvalue weighted by Gasteiger charge is 2.12. The number of hydrogen-bond acceptors (Lipinski definition) is 4. The monoisotopic (exact) mass is 408 g/mol. The molecule has 2 aromatic carbocycles. The van der Waals surface area contributed by atoms with Gasteiger partial charge in [-0.25, -0.2) is 19.3 Å². The Kier molecular flexibility index (Phi) is 4.34. The third-order valence-corrected chi connectivity index (χ3v) is 4.86. The molecule has 26 heavy (non-hydrogen) atoms. The molecule has 2 heterocycles. The Morgan fingerprint density at radius 3 is 2.42 bits per heavy atom. The first-order chi connectivity index (χ1) is 12.6. The number of benzene rings is 2. The zero-order valence-corrected chi connectivity index (χ0v) is 15.2. The summed E-state index contributed by atoms with van der Waals surface area (Å²) in [6, 6.07) is 17.9. The van der Waals surface area contributed by atoms with Crippen molar-refractivity contribution in [1.82, 2.24) is 15.0 Å². The van der Waals surface area contributed by atoms with Gasteiger partial charge < -0.3 is 5.73 Å². The highest BCUT2D eigenvalue weighted by atomic mass is 79.9. The standard InChI is InChI=1S/C20H14BrFN4/c21-15-4-2-1-3-13(15)11-18-19-17(25-20(23)26-18)10-9-16(24-19)12-5-7-14(22)8-6-12/h1-10H,11H2,(H2,23,25,26). The number of halogens is 2. The Bertz CT molecular complexity index is 1100. The summed E-state index contributed by atoms with van der Waals surface area (Å²) in [5.41, 5.74) is 10.7. The van der Waals surface area contributed by atoms with E-state index >= 15 is 0 Å². The zero-order chi connectivity index (χ0) is 18.1. The maximum atomic E-state index is 13.2. The molecule has 0 aliphatic rings. The van der Waals surface area contributed by atoms with Crippen LogP contribution < -0.4 is 5.73 Å². The van der Waals surface area contributed by atoms with Crippen molar-refractivity contribution >= 4 is 32.9 Å². The minimum atomic E-state index is -0.278. The lowest BCUT2D eigenvalue weighted by Gasteiger charge is -2.09. The molecule has 0 radical (unpaired) electrons. The average Bonchev–Trinajstić information content (AvgIpc) is 2.64. The lowest BCUT2D eigenvalue weighted by Crippen LogP contribution is -2.04. The first-order valence-corrected chi connectivity index (χ1v) is 8.82. The largest absolute Gasteiger partial charge is 0.368 e. The summed E-state index contributed by atoms with van der Waals surface area (Å²) in [4.78, 5) is 13.4. The van der Waals surface area contributed by atoms with Crippen molar-refractivity contribution in [2.24, 2.45) is 0 Å². The second-order valence-corrected chi connectivity index (χ2v) is 6.72.